The second-order valence-electron chi connectivity index (χ2n) is 10.6. The Morgan fingerprint density at radius 1 is 0.900 bits per heavy atom. The summed E-state index contributed by atoms with van der Waals surface area (Å²) in [6, 6.07) is 22.0. The third-order valence-electron chi connectivity index (χ3n) is 7.33. The van der Waals surface area contributed by atoms with Gasteiger partial charge in [-0.05, 0) is 79.5 Å². The van der Waals surface area contributed by atoms with Crippen molar-refractivity contribution < 1.29 is 20.1 Å². The molecule has 3 aromatic rings. The average molecular weight is 546 g/mol. The van der Waals surface area contributed by atoms with E-state index in [1.165, 1.54) is 0 Å². The van der Waals surface area contributed by atoms with E-state index in [1.54, 1.807) is 24.3 Å². The highest BCUT2D eigenvalue weighted by molar-refractivity contribution is 5.80. The second-order valence-corrected chi connectivity index (χ2v) is 10.6. The summed E-state index contributed by atoms with van der Waals surface area (Å²) in [5, 5.41) is 34.6. The normalized spacial score (nSPS) is 15.3. The molecule has 0 heterocycles. The molecule has 0 fully saturated rings. The number of amides is 1. The van der Waals surface area contributed by atoms with Crippen LogP contribution in [0.15, 0.2) is 84.9 Å². The van der Waals surface area contributed by atoms with Gasteiger partial charge in [-0.15, -0.1) is 0 Å². The van der Waals surface area contributed by atoms with E-state index in [1.807, 2.05) is 74.5 Å². The number of aromatic hydroxyl groups is 1. The van der Waals surface area contributed by atoms with Crippen molar-refractivity contribution in [2.24, 2.45) is 17.4 Å². The smallest absolute Gasteiger partial charge is 0.226 e. The molecule has 7 heteroatoms. The van der Waals surface area contributed by atoms with Crippen LogP contribution >= 0.6 is 0 Å². The molecule has 0 radical (unpaired) electrons. The monoisotopic (exact) mass is 545 g/mol. The fraction of sp³-hybridized carbons (Fsp3) is 0.364. The van der Waals surface area contributed by atoms with Gasteiger partial charge in [0.25, 0.3) is 0 Å². The maximum atomic E-state index is 13.4. The number of phenolic OH excluding ortho intramolecular Hbond substituents is 1. The first kappa shape index (κ1) is 31.0. The van der Waals surface area contributed by atoms with Crippen LogP contribution in [0.25, 0.3) is 0 Å². The standard InChI is InChI=1S/C33H43N3O4/c1-22-16-27(37)17-23(2)28(22)20-30(35)32(39)15-9-14-31(38)29(19-25-12-7-4-8-13-25)33(40)36-26(21-34)18-24-10-5-3-6-11-24/h3-14,16-17,26,29-32,37-39H,15,18-21,34-35H2,1-2H3,(H,36,40). The maximum Gasteiger partial charge on any atom is 0.226 e. The van der Waals surface area contributed by atoms with Crippen LogP contribution in [-0.4, -0.2) is 52.1 Å². The van der Waals surface area contributed by atoms with Crippen molar-refractivity contribution in [2.45, 2.75) is 63.8 Å². The van der Waals surface area contributed by atoms with Crippen LogP contribution in [0.1, 0.15) is 34.2 Å². The molecule has 7 nitrogen and oxygen atoms in total. The molecule has 1 amide bonds. The quantitative estimate of drug-likeness (QED) is 0.172. The summed E-state index contributed by atoms with van der Waals surface area (Å²) in [4.78, 5) is 13.4. The Hall–Kier alpha value is -3.49. The summed E-state index contributed by atoms with van der Waals surface area (Å²) in [6.07, 6.45) is 2.96. The molecule has 40 heavy (non-hydrogen) atoms. The minimum Gasteiger partial charge on any atom is -0.508 e. The number of aryl methyl sites for hydroxylation is 2. The number of carbonyl (C=O) groups excluding carboxylic acids is 1. The molecular weight excluding hydrogens is 502 g/mol. The molecule has 0 aliphatic heterocycles. The number of rotatable bonds is 14. The zero-order valence-corrected chi connectivity index (χ0v) is 23.4. The molecule has 8 N–H and O–H groups in total. The Labute approximate surface area is 237 Å². The predicted octanol–water partition coefficient (Wildman–Crippen LogP) is 3.09. The van der Waals surface area contributed by atoms with Gasteiger partial charge in [0, 0.05) is 18.6 Å². The molecular formula is C33H43N3O4. The van der Waals surface area contributed by atoms with Gasteiger partial charge < -0.3 is 32.1 Å². The lowest BCUT2D eigenvalue weighted by Crippen LogP contribution is -2.47. The van der Waals surface area contributed by atoms with Gasteiger partial charge in [0.2, 0.25) is 5.91 Å². The Morgan fingerprint density at radius 2 is 1.45 bits per heavy atom. The van der Waals surface area contributed by atoms with Gasteiger partial charge in [0.15, 0.2) is 0 Å². The lowest BCUT2D eigenvalue weighted by Gasteiger charge is -2.24. The molecule has 0 aliphatic rings. The highest BCUT2D eigenvalue weighted by Crippen LogP contribution is 2.23. The van der Waals surface area contributed by atoms with Crippen LogP contribution in [0.4, 0.5) is 0 Å². The van der Waals surface area contributed by atoms with Crippen molar-refractivity contribution >= 4 is 5.91 Å². The van der Waals surface area contributed by atoms with E-state index in [-0.39, 0.29) is 30.7 Å². The van der Waals surface area contributed by atoms with Crippen molar-refractivity contribution in [3.8, 4) is 5.75 Å². The van der Waals surface area contributed by atoms with Gasteiger partial charge >= 0.3 is 0 Å². The van der Waals surface area contributed by atoms with Gasteiger partial charge in [0.1, 0.15) is 5.75 Å². The van der Waals surface area contributed by atoms with Crippen LogP contribution in [-0.2, 0) is 24.1 Å². The lowest BCUT2D eigenvalue weighted by molar-refractivity contribution is -0.128. The first-order valence-electron chi connectivity index (χ1n) is 13.8. The molecule has 3 rings (SSSR count). The summed E-state index contributed by atoms with van der Waals surface area (Å²) in [7, 11) is 0. The van der Waals surface area contributed by atoms with E-state index in [0.29, 0.717) is 19.3 Å². The van der Waals surface area contributed by atoms with E-state index in [2.05, 4.69) is 5.32 Å². The molecule has 0 spiro atoms. The first-order valence-corrected chi connectivity index (χ1v) is 13.8. The summed E-state index contributed by atoms with van der Waals surface area (Å²) in [6.45, 7) is 4.09. The minimum atomic E-state index is -1.07. The third kappa shape index (κ3) is 9.31. The van der Waals surface area contributed by atoms with Gasteiger partial charge in [-0.1, -0.05) is 72.8 Å². The number of carbonyl (C=O) groups is 1. The molecule has 0 aliphatic carbocycles. The number of nitrogens with one attached hydrogen (secondary N) is 1. The summed E-state index contributed by atoms with van der Waals surface area (Å²) >= 11 is 0. The topological polar surface area (TPSA) is 142 Å². The molecule has 0 saturated carbocycles. The third-order valence-corrected chi connectivity index (χ3v) is 7.33. The molecule has 0 aromatic heterocycles. The Kier molecular flexibility index (Phi) is 11.9. The van der Waals surface area contributed by atoms with Gasteiger partial charge in [-0.3, -0.25) is 4.79 Å². The first-order chi connectivity index (χ1) is 19.2. The van der Waals surface area contributed by atoms with Gasteiger partial charge in [-0.2, -0.15) is 0 Å². The Balaban J connectivity index is 1.65. The van der Waals surface area contributed by atoms with E-state index in [4.69, 9.17) is 11.5 Å². The molecule has 214 valence electrons. The van der Waals surface area contributed by atoms with Crippen LogP contribution in [0.2, 0.25) is 0 Å². The molecule has 5 atom stereocenters. The average Bonchev–Trinajstić information content (AvgIpc) is 2.94. The van der Waals surface area contributed by atoms with E-state index in [9.17, 15) is 20.1 Å². The molecule has 0 saturated heterocycles. The highest BCUT2D eigenvalue weighted by Gasteiger charge is 2.27. The maximum absolute atomic E-state index is 13.4. The number of aliphatic hydroxyl groups excluding tert-OH is 2. The fourth-order valence-electron chi connectivity index (χ4n) is 4.97. The van der Waals surface area contributed by atoms with Gasteiger partial charge in [-0.25, -0.2) is 0 Å². The van der Waals surface area contributed by atoms with Crippen LogP contribution in [0, 0.1) is 19.8 Å². The Morgan fingerprint density at radius 3 is 2.00 bits per heavy atom. The van der Waals surface area contributed by atoms with E-state index < -0.39 is 24.2 Å². The van der Waals surface area contributed by atoms with Crippen molar-refractivity contribution in [1.29, 1.82) is 0 Å². The minimum absolute atomic E-state index is 0.205. The SMILES string of the molecule is Cc1cc(O)cc(C)c1CC(N)C(O)CC=CC(O)C(Cc1ccccc1)C(=O)NC(CN)Cc1ccccc1. The number of hydrogen-bond donors (Lipinski definition) is 6. The second kappa shape index (κ2) is 15.3. The largest absolute Gasteiger partial charge is 0.508 e. The predicted molar refractivity (Wildman–Crippen MR) is 160 cm³/mol. The van der Waals surface area contributed by atoms with Crippen molar-refractivity contribution in [3.63, 3.8) is 0 Å². The van der Waals surface area contributed by atoms with Crippen LogP contribution < -0.4 is 16.8 Å². The van der Waals surface area contributed by atoms with E-state index in [0.717, 1.165) is 27.8 Å². The molecule has 3 aromatic carbocycles. The Bertz CT molecular complexity index is 1210. The molecule has 5 unspecified atom stereocenters. The number of nitrogens with two attached hydrogens (primary N) is 2. The van der Waals surface area contributed by atoms with Crippen molar-refractivity contribution in [2.75, 3.05) is 6.54 Å². The zero-order chi connectivity index (χ0) is 29.1. The molecule has 0 bridgehead atoms. The van der Waals surface area contributed by atoms with Crippen LogP contribution in [0.5, 0.6) is 5.75 Å². The number of aliphatic hydroxyl groups is 2. The highest BCUT2D eigenvalue weighted by atomic mass is 16.3. The fourth-order valence-corrected chi connectivity index (χ4v) is 4.97. The number of benzene rings is 3. The van der Waals surface area contributed by atoms with Crippen molar-refractivity contribution in [1.82, 2.24) is 5.32 Å². The summed E-state index contributed by atoms with van der Waals surface area (Å²) in [5.41, 5.74) is 17.1. The number of hydrogen-bond acceptors (Lipinski definition) is 6. The van der Waals surface area contributed by atoms with Crippen molar-refractivity contribution in [3.05, 3.63) is 113 Å². The summed E-state index contributed by atoms with van der Waals surface area (Å²) < 4.78 is 0. The zero-order valence-electron chi connectivity index (χ0n) is 23.4. The number of phenols is 1. The van der Waals surface area contributed by atoms with Gasteiger partial charge in [0.05, 0.1) is 18.1 Å². The summed E-state index contributed by atoms with van der Waals surface area (Å²) in [5.74, 6) is -0.809. The van der Waals surface area contributed by atoms with E-state index >= 15 is 0 Å². The lowest BCUT2D eigenvalue weighted by atomic mass is 9.91. The van der Waals surface area contributed by atoms with Crippen LogP contribution in [0.3, 0.4) is 0 Å².